The van der Waals surface area contributed by atoms with Crippen molar-refractivity contribution >= 4 is 28.2 Å². The van der Waals surface area contributed by atoms with Crippen molar-refractivity contribution in [1.82, 2.24) is 10.2 Å². The summed E-state index contributed by atoms with van der Waals surface area (Å²) in [6.45, 7) is 2.09. The van der Waals surface area contributed by atoms with E-state index in [1.165, 1.54) is 11.3 Å². The second-order valence-electron chi connectivity index (χ2n) is 5.50. The highest BCUT2D eigenvalue weighted by Crippen LogP contribution is 2.25. The van der Waals surface area contributed by atoms with E-state index in [0.717, 1.165) is 25.9 Å². The number of nitrogens with zero attached hydrogens (tertiary/aromatic N) is 1. The SMILES string of the molecule is O=C(Nc1ccc(C(=O)N2CCCC2)s1)[C@@H]1C[C@@H](O)CN1. The van der Waals surface area contributed by atoms with Gasteiger partial charge in [0.25, 0.3) is 5.91 Å². The Labute approximate surface area is 127 Å². The zero-order valence-electron chi connectivity index (χ0n) is 11.7. The molecule has 3 N–H and O–H groups in total. The molecule has 0 bridgehead atoms. The van der Waals surface area contributed by atoms with Crippen molar-refractivity contribution in [3.63, 3.8) is 0 Å². The first-order valence-electron chi connectivity index (χ1n) is 7.25. The zero-order valence-corrected chi connectivity index (χ0v) is 12.5. The van der Waals surface area contributed by atoms with Crippen LogP contribution in [0.4, 0.5) is 5.00 Å². The lowest BCUT2D eigenvalue weighted by atomic mass is 10.2. The summed E-state index contributed by atoms with van der Waals surface area (Å²) in [6.07, 6.45) is 2.10. The number of thiophene rings is 1. The van der Waals surface area contributed by atoms with Gasteiger partial charge in [0.1, 0.15) is 0 Å². The van der Waals surface area contributed by atoms with Crippen molar-refractivity contribution in [2.45, 2.75) is 31.4 Å². The Bertz CT molecular complexity index is 539. The minimum absolute atomic E-state index is 0.0485. The van der Waals surface area contributed by atoms with Gasteiger partial charge in [-0.1, -0.05) is 0 Å². The molecule has 2 aliphatic rings. The second kappa shape index (κ2) is 6.13. The van der Waals surface area contributed by atoms with Gasteiger partial charge in [0.05, 0.1) is 22.0 Å². The predicted molar refractivity (Wildman–Crippen MR) is 80.5 cm³/mol. The number of anilines is 1. The largest absolute Gasteiger partial charge is 0.392 e. The van der Waals surface area contributed by atoms with E-state index >= 15 is 0 Å². The number of hydrogen-bond donors (Lipinski definition) is 3. The maximum atomic E-state index is 12.2. The fourth-order valence-electron chi connectivity index (χ4n) is 2.72. The lowest BCUT2D eigenvalue weighted by molar-refractivity contribution is -0.117. The van der Waals surface area contributed by atoms with Crippen LogP contribution in [0, 0.1) is 0 Å². The quantitative estimate of drug-likeness (QED) is 0.765. The molecule has 0 aromatic carbocycles. The van der Waals surface area contributed by atoms with Crippen LogP contribution in [0.25, 0.3) is 0 Å². The van der Waals surface area contributed by atoms with Gasteiger partial charge in [-0.2, -0.15) is 0 Å². The molecule has 2 amide bonds. The lowest BCUT2D eigenvalue weighted by Gasteiger charge is -2.13. The zero-order chi connectivity index (χ0) is 14.8. The number of hydrogen-bond acceptors (Lipinski definition) is 5. The minimum atomic E-state index is -0.462. The number of carbonyl (C=O) groups is 2. The van der Waals surface area contributed by atoms with Gasteiger partial charge in [-0.05, 0) is 31.4 Å². The molecular formula is C14H19N3O3S. The summed E-state index contributed by atoms with van der Waals surface area (Å²) >= 11 is 1.30. The number of β-amino-alcohol motifs (C(OH)–C–C–N with tert-alkyl or cyclic N) is 1. The standard InChI is InChI=1S/C14H19N3O3S/c18-9-7-10(15-8-9)13(19)16-12-4-3-11(21-12)14(20)17-5-1-2-6-17/h3-4,9-10,15,18H,1-2,5-8H2,(H,16,19)/t9-,10+/m1/s1. The van der Waals surface area contributed by atoms with E-state index in [1.54, 1.807) is 12.1 Å². The number of aliphatic hydroxyl groups is 1. The van der Waals surface area contributed by atoms with Crippen LogP contribution in [0.5, 0.6) is 0 Å². The van der Waals surface area contributed by atoms with Gasteiger partial charge < -0.3 is 20.6 Å². The lowest BCUT2D eigenvalue weighted by Crippen LogP contribution is -2.35. The third-order valence-electron chi connectivity index (χ3n) is 3.88. The van der Waals surface area contributed by atoms with E-state index in [4.69, 9.17) is 0 Å². The van der Waals surface area contributed by atoms with Crippen LogP contribution in [0.2, 0.25) is 0 Å². The summed E-state index contributed by atoms with van der Waals surface area (Å²) in [5.74, 6) is -0.110. The van der Waals surface area contributed by atoms with E-state index in [-0.39, 0.29) is 17.9 Å². The van der Waals surface area contributed by atoms with E-state index in [9.17, 15) is 14.7 Å². The molecule has 3 heterocycles. The van der Waals surface area contributed by atoms with Gasteiger partial charge in [-0.15, -0.1) is 11.3 Å². The van der Waals surface area contributed by atoms with Gasteiger partial charge >= 0.3 is 0 Å². The van der Waals surface area contributed by atoms with Crippen LogP contribution >= 0.6 is 11.3 Å². The Kier molecular flexibility index (Phi) is 4.23. The van der Waals surface area contributed by atoms with Crippen molar-refractivity contribution in [3.8, 4) is 0 Å². The number of rotatable bonds is 3. The highest BCUT2D eigenvalue weighted by atomic mass is 32.1. The van der Waals surface area contributed by atoms with Crippen molar-refractivity contribution < 1.29 is 14.7 Å². The molecule has 0 spiro atoms. The molecule has 0 saturated carbocycles. The average molecular weight is 309 g/mol. The molecule has 1 aromatic rings. The first-order valence-corrected chi connectivity index (χ1v) is 8.06. The number of nitrogens with one attached hydrogen (secondary N) is 2. The Morgan fingerprint density at radius 1 is 1.33 bits per heavy atom. The number of amides is 2. The fraction of sp³-hybridized carbons (Fsp3) is 0.571. The first kappa shape index (κ1) is 14.5. The molecule has 0 aliphatic carbocycles. The van der Waals surface area contributed by atoms with Gasteiger partial charge in [0.15, 0.2) is 0 Å². The van der Waals surface area contributed by atoms with Crippen LogP contribution in [0.3, 0.4) is 0 Å². The molecular weight excluding hydrogens is 290 g/mol. The summed E-state index contributed by atoms with van der Waals surface area (Å²) in [5.41, 5.74) is 0. The van der Waals surface area contributed by atoms with E-state index in [2.05, 4.69) is 10.6 Å². The molecule has 2 fully saturated rings. The normalized spacial score (nSPS) is 25.3. The molecule has 7 heteroatoms. The smallest absolute Gasteiger partial charge is 0.263 e. The van der Waals surface area contributed by atoms with Crippen molar-refractivity contribution in [3.05, 3.63) is 17.0 Å². The van der Waals surface area contributed by atoms with Crippen molar-refractivity contribution in [2.75, 3.05) is 25.0 Å². The fourth-order valence-corrected chi connectivity index (χ4v) is 3.60. The molecule has 1 aromatic heterocycles. The highest BCUT2D eigenvalue weighted by Gasteiger charge is 2.28. The summed E-state index contributed by atoms with van der Waals surface area (Å²) in [5, 5.41) is 15.9. The summed E-state index contributed by atoms with van der Waals surface area (Å²) in [7, 11) is 0. The summed E-state index contributed by atoms with van der Waals surface area (Å²) < 4.78 is 0. The summed E-state index contributed by atoms with van der Waals surface area (Å²) in [6, 6.07) is 3.16. The average Bonchev–Trinajstić information content (AvgIpc) is 3.18. The van der Waals surface area contributed by atoms with Crippen LogP contribution in [-0.2, 0) is 4.79 Å². The maximum absolute atomic E-state index is 12.2. The first-order chi connectivity index (χ1) is 10.1. The molecule has 0 unspecified atom stereocenters. The molecule has 21 heavy (non-hydrogen) atoms. The number of aliphatic hydroxyl groups excluding tert-OH is 1. The van der Waals surface area contributed by atoms with Crippen LogP contribution in [0.15, 0.2) is 12.1 Å². The van der Waals surface area contributed by atoms with Crippen LogP contribution in [-0.4, -0.2) is 53.6 Å². The Balaban J connectivity index is 1.59. The second-order valence-corrected chi connectivity index (χ2v) is 6.59. The third-order valence-corrected chi connectivity index (χ3v) is 4.87. The molecule has 114 valence electrons. The highest BCUT2D eigenvalue weighted by molar-refractivity contribution is 7.18. The molecule has 2 aliphatic heterocycles. The predicted octanol–water partition coefficient (Wildman–Crippen LogP) is 0.645. The van der Waals surface area contributed by atoms with Crippen molar-refractivity contribution in [2.24, 2.45) is 0 Å². The Hall–Kier alpha value is -1.44. The molecule has 6 nitrogen and oxygen atoms in total. The molecule has 2 atom stereocenters. The van der Waals surface area contributed by atoms with Gasteiger partial charge in [0.2, 0.25) is 5.91 Å². The number of carbonyl (C=O) groups excluding carboxylic acids is 2. The van der Waals surface area contributed by atoms with E-state index < -0.39 is 6.10 Å². The van der Waals surface area contributed by atoms with E-state index in [1.807, 2.05) is 4.90 Å². The number of likely N-dealkylation sites (tertiary alicyclic amines) is 1. The maximum Gasteiger partial charge on any atom is 0.263 e. The topological polar surface area (TPSA) is 81.7 Å². The third kappa shape index (κ3) is 3.25. The van der Waals surface area contributed by atoms with Gasteiger partial charge in [-0.25, -0.2) is 0 Å². The Morgan fingerprint density at radius 3 is 2.76 bits per heavy atom. The molecule has 0 radical (unpaired) electrons. The monoisotopic (exact) mass is 309 g/mol. The van der Waals surface area contributed by atoms with E-state index in [0.29, 0.717) is 22.8 Å². The van der Waals surface area contributed by atoms with Gasteiger partial charge in [-0.3, -0.25) is 9.59 Å². The Morgan fingerprint density at radius 2 is 2.10 bits per heavy atom. The van der Waals surface area contributed by atoms with Crippen molar-refractivity contribution in [1.29, 1.82) is 0 Å². The molecule has 2 saturated heterocycles. The van der Waals surface area contributed by atoms with Gasteiger partial charge in [0, 0.05) is 19.6 Å². The van der Waals surface area contributed by atoms with Crippen LogP contribution < -0.4 is 10.6 Å². The molecule has 3 rings (SSSR count). The van der Waals surface area contributed by atoms with Crippen LogP contribution in [0.1, 0.15) is 28.9 Å². The minimum Gasteiger partial charge on any atom is -0.392 e. The summed E-state index contributed by atoms with van der Waals surface area (Å²) in [4.78, 5) is 26.8.